The highest BCUT2D eigenvalue weighted by molar-refractivity contribution is 5.73. The number of hydrogen-bond donors (Lipinski definition) is 4. The van der Waals surface area contributed by atoms with E-state index in [1.807, 2.05) is 0 Å². The van der Waals surface area contributed by atoms with Crippen LogP contribution in [0, 0.1) is 0 Å². The summed E-state index contributed by atoms with van der Waals surface area (Å²) >= 11 is 0. The van der Waals surface area contributed by atoms with E-state index in [4.69, 9.17) is 10.5 Å². The lowest BCUT2D eigenvalue weighted by Crippen LogP contribution is -2.65. The lowest BCUT2D eigenvalue weighted by atomic mass is 9.96. The first-order valence-corrected chi connectivity index (χ1v) is 4.47. The van der Waals surface area contributed by atoms with Gasteiger partial charge in [0.05, 0.1) is 24.3 Å². The van der Waals surface area contributed by atoms with Crippen molar-refractivity contribution in [2.45, 2.75) is 44.4 Å². The zero-order valence-electron chi connectivity index (χ0n) is 8.18. The van der Waals surface area contributed by atoms with Crippen LogP contribution in [0.2, 0.25) is 0 Å². The Bertz CT molecular complexity index is 223. The van der Waals surface area contributed by atoms with Crippen molar-refractivity contribution in [1.82, 2.24) is 5.32 Å². The Balaban J connectivity index is 2.68. The highest BCUT2D eigenvalue weighted by Crippen LogP contribution is 2.17. The molecule has 5 N–H and O–H groups in total. The van der Waals surface area contributed by atoms with Gasteiger partial charge in [-0.25, -0.2) is 0 Å². The first-order valence-electron chi connectivity index (χ1n) is 4.47. The molecule has 1 fully saturated rings. The van der Waals surface area contributed by atoms with Gasteiger partial charge in [-0.2, -0.15) is 0 Å². The van der Waals surface area contributed by atoms with Gasteiger partial charge in [0.1, 0.15) is 0 Å². The molecule has 14 heavy (non-hydrogen) atoms. The molecule has 5 atom stereocenters. The monoisotopic (exact) mass is 204 g/mol. The van der Waals surface area contributed by atoms with Crippen LogP contribution >= 0.6 is 0 Å². The Morgan fingerprint density at radius 2 is 2.07 bits per heavy atom. The van der Waals surface area contributed by atoms with Gasteiger partial charge in [0.2, 0.25) is 5.91 Å². The fourth-order valence-corrected chi connectivity index (χ4v) is 1.52. The normalized spacial score (nSPS) is 43.4. The molecule has 1 aliphatic rings. The molecular weight excluding hydrogens is 188 g/mol. The van der Waals surface area contributed by atoms with E-state index in [-0.39, 0.29) is 5.91 Å². The molecular formula is C8H16N2O4. The van der Waals surface area contributed by atoms with Gasteiger partial charge < -0.3 is 26.0 Å². The van der Waals surface area contributed by atoms with Crippen LogP contribution in [-0.4, -0.2) is 46.7 Å². The largest absolute Gasteiger partial charge is 0.389 e. The van der Waals surface area contributed by atoms with Crippen molar-refractivity contribution in [1.29, 1.82) is 0 Å². The van der Waals surface area contributed by atoms with Crippen molar-refractivity contribution >= 4 is 5.91 Å². The lowest BCUT2D eigenvalue weighted by molar-refractivity contribution is -0.207. The molecule has 0 radical (unpaired) electrons. The Morgan fingerprint density at radius 1 is 1.50 bits per heavy atom. The maximum Gasteiger partial charge on any atom is 0.217 e. The minimum atomic E-state index is -1.19. The topological polar surface area (TPSA) is 105 Å². The first-order chi connectivity index (χ1) is 6.43. The summed E-state index contributed by atoms with van der Waals surface area (Å²) in [5, 5.41) is 21.4. The quantitative estimate of drug-likeness (QED) is 0.392. The van der Waals surface area contributed by atoms with Crippen LogP contribution in [0.15, 0.2) is 0 Å². The smallest absolute Gasteiger partial charge is 0.217 e. The first kappa shape index (κ1) is 11.4. The maximum absolute atomic E-state index is 10.8. The van der Waals surface area contributed by atoms with Crippen LogP contribution in [-0.2, 0) is 9.53 Å². The number of amides is 1. The number of nitrogens with two attached hydrogens (primary N) is 1. The van der Waals surface area contributed by atoms with Crippen LogP contribution in [0.25, 0.3) is 0 Å². The third-order valence-electron chi connectivity index (χ3n) is 2.32. The van der Waals surface area contributed by atoms with Gasteiger partial charge in [0, 0.05) is 6.92 Å². The molecule has 0 aliphatic carbocycles. The molecule has 0 aromatic heterocycles. The molecule has 1 saturated heterocycles. The number of ether oxygens (including phenoxy) is 1. The van der Waals surface area contributed by atoms with Crippen molar-refractivity contribution in [2.75, 3.05) is 0 Å². The predicted molar refractivity (Wildman–Crippen MR) is 48.1 cm³/mol. The summed E-state index contributed by atoms with van der Waals surface area (Å²) in [6.45, 7) is 2.99. The summed E-state index contributed by atoms with van der Waals surface area (Å²) < 4.78 is 5.04. The highest BCUT2D eigenvalue weighted by atomic mass is 16.6. The molecule has 1 amide bonds. The van der Waals surface area contributed by atoms with Gasteiger partial charge >= 0.3 is 0 Å². The minimum Gasteiger partial charge on any atom is -0.389 e. The third kappa shape index (κ3) is 2.21. The van der Waals surface area contributed by atoms with Crippen molar-refractivity contribution in [3.8, 4) is 0 Å². The fraction of sp³-hybridized carbons (Fsp3) is 0.875. The van der Waals surface area contributed by atoms with Crippen molar-refractivity contribution in [2.24, 2.45) is 5.73 Å². The fourth-order valence-electron chi connectivity index (χ4n) is 1.52. The highest BCUT2D eigenvalue weighted by Gasteiger charge is 2.41. The molecule has 0 unspecified atom stereocenters. The number of carbonyl (C=O) groups excluding carboxylic acids is 1. The SMILES string of the molecule is CC(=O)N[C@@H]1[C@H](O)[C@H](N)[C@@H](O)O[C@@H]1C. The van der Waals surface area contributed by atoms with E-state index in [1.54, 1.807) is 6.92 Å². The average Bonchev–Trinajstić information content (AvgIpc) is 2.09. The summed E-state index contributed by atoms with van der Waals surface area (Å²) in [4.78, 5) is 10.8. The number of nitrogens with one attached hydrogen (secondary N) is 1. The molecule has 0 aromatic carbocycles. The molecule has 0 saturated carbocycles. The van der Waals surface area contributed by atoms with Crippen molar-refractivity contribution in [3.05, 3.63) is 0 Å². The van der Waals surface area contributed by atoms with E-state index in [0.717, 1.165) is 0 Å². The summed E-state index contributed by atoms with van der Waals surface area (Å²) in [6.07, 6.45) is -2.66. The number of carbonyl (C=O) groups is 1. The number of hydrogen-bond acceptors (Lipinski definition) is 5. The van der Waals surface area contributed by atoms with Gasteiger partial charge in [0.15, 0.2) is 6.29 Å². The molecule has 1 rings (SSSR count). The van der Waals surface area contributed by atoms with E-state index in [9.17, 15) is 15.0 Å². The minimum absolute atomic E-state index is 0.270. The second-order valence-electron chi connectivity index (χ2n) is 3.53. The standard InChI is InChI=1S/C8H16N2O4/c1-3-6(10-4(2)11)7(12)5(9)8(13)14-3/h3,5-8,12-13H,9H2,1-2H3,(H,10,11)/t3-,5+,6+,7-,8+/m1/s1. The summed E-state index contributed by atoms with van der Waals surface area (Å²) in [6, 6.07) is -1.48. The Hall–Kier alpha value is -0.690. The average molecular weight is 204 g/mol. The molecule has 0 aromatic rings. The van der Waals surface area contributed by atoms with Gasteiger partial charge in [-0.3, -0.25) is 4.79 Å². The maximum atomic E-state index is 10.8. The number of rotatable bonds is 1. The van der Waals surface area contributed by atoms with Crippen LogP contribution in [0.5, 0.6) is 0 Å². The molecule has 1 aliphatic heterocycles. The second kappa shape index (κ2) is 4.22. The molecule has 0 bridgehead atoms. The lowest BCUT2D eigenvalue weighted by Gasteiger charge is -2.40. The van der Waals surface area contributed by atoms with Crippen molar-refractivity contribution < 1.29 is 19.7 Å². The predicted octanol–water partition coefficient (Wildman–Crippen LogP) is -2.08. The van der Waals surface area contributed by atoms with E-state index in [1.165, 1.54) is 6.92 Å². The molecule has 6 nitrogen and oxygen atoms in total. The Labute approximate surface area is 82.0 Å². The van der Waals surface area contributed by atoms with Crippen LogP contribution in [0.1, 0.15) is 13.8 Å². The van der Waals surface area contributed by atoms with Crippen LogP contribution < -0.4 is 11.1 Å². The second-order valence-corrected chi connectivity index (χ2v) is 3.53. The molecule has 82 valence electrons. The van der Waals surface area contributed by atoms with E-state index < -0.39 is 30.6 Å². The molecule has 1 heterocycles. The van der Waals surface area contributed by atoms with Gasteiger partial charge in [-0.05, 0) is 6.92 Å². The molecule has 0 spiro atoms. The van der Waals surface area contributed by atoms with Gasteiger partial charge in [-0.1, -0.05) is 0 Å². The summed E-state index contributed by atoms with van der Waals surface area (Å²) in [5.74, 6) is -0.270. The van der Waals surface area contributed by atoms with E-state index in [0.29, 0.717) is 0 Å². The Kier molecular flexibility index (Phi) is 3.43. The zero-order chi connectivity index (χ0) is 10.9. The zero-order valence-corrected chi connectivity index (χ0v) is 8.18. The third-order valence-corrected chi connectivity index (χ3v) is 2.32. The van der Waals surface area contributed by atoms with E-state index in [2.05, 4.69) is 5.32 Å². The summed E-state index contributed by atoms with van der Waals surface area (Å²) in [7, 11) is 0. The number of aliphatic hydroxyl groups excluding tert-OH is 2. The van der Waals surface area contributed by atoms with Gasteiger partial charge in [0.25, 0.3) is 0 Å². The number of aliphatic hydroxyl groups is 2. The van der Waals surface area contributed by atoms with Crippen molar-refractivity contribution in [3.63, 3.8) is 0 Å². The van der Waals surface area contributed by atoms with Crippen LogP contribution in [0.3, 0.4) is 0 Å². The Morgan fingerprint density at radius 3 is 2.57 bits per heavy atom. The van der Waals surface area contributed by atoms with Gasteiger partial charge in [-0.15, -0.1) is 0 Å². The van der Waals surface area contributed by atoms with Crippen LogP contribution in [0.4, 0.5) is 0 Å². The molecule has 6 heteroatoms. The van der Waals surface area contributed by atoms with E-state index >= 15 is 0 Å². The summed E-state index contributed by atoms with van der Waals surface area (Å²) in [5.41, 5.74) is 5.47.